The maximum absolute atomic E-state index is 12.8. The van der Waals surface area contributed by atoms with E-state index in [1.807, 2.05) is 23.0 Å². The normalized spacial score (nSPS) is 16.1. The van der Waals surface area contributed by atoms with Gasteiger partial charge in [-0.25, -0.2) is 4.79 Å². The summed E-state index contributed by atoms with van der Waals surface area (Å²) in [6.45, 7) is 4.75. The highest BCUT2D eigenvalue weighted by Crippen LogP contribution is 2.31. The molecular formula is C28H32BN3O6. The minimum absolute atomic E-state index is 0.121. The molecule has 0 atom stereocenters. The summed E-state index contributed by atoms with van der Waals surface area (Å²) in [5.41, 5.74) is 2.00. The van der Waals surface area contributed by atoms with Crippen molar-refractivity contribution in [3.8, 4) is 17.2 Å². The van der Waals surface area contributed by atoms with E-state index in [0.29, 0.717) is 55.1 Å². The SMILES string of the molecule is [B]N(Cc1ccc2c(c1)OCCO2)C1CCN(CCn2c(=O)ccc3c(C(=O)OC)cc(OC)cc32)CC1. The maximum atomic E-state index is 12.8. The number of piperidine rings is 1. The molecule has 1 aromatic heterocycles. The van der Waals surface area contributed by atoms with Gasteiger partial charge in [0.15, 0.2) is 19.5 Å². The van der Waals surface area contributed by atoms with E-state index in [9.17, 15) is 9.59 Å². The predicted octanol–water partition coefficient (Wildman–Crippen LogP) is 2.62. The molecule has 0 saturated carbocycles. The Hall–Kier alpha value is -3.50. The summed E-state index contributed by atoms with van der Waals surface area (Å²) < 4.78 is 23.3. The van der Waals surface area contributed by atoms with Gasteiger partial charge in [0.2, 0.25) is 0 Å². The number of methoxy groups -OCH3 is 2. The van der Waals surface area contributed by atoms with Gasteiger partial charge in [0.25, 0.3) is 5.56 Å². The number of hydrogen-bond acceptors (Lipinski definition) is 8. The molecule has 0 bridgehead atoms. The first-order valence-corrected chi connectivity index (χ1v) is 12.9. The summed E-state index contributed by atoms with van der Waals surface area (Å²) in [4.78, 5) is 29.4. The van der Waals surface area contributed by atoms with Crippen LogP contribution in [0.15, 0.2) is 47.3 Å². The minimum atomic E-state index is -0.469. The van der Waals surface area contributed by atoms with Crippen LogP contribution < -0.4 is 19.8 Å². The Morgan fingerprint density at radius 3 is 2.53 bits per heavy atom. The number of fused-ring (bicyclic) bond motifs is 2. The summed E-state index contributed by atoms with van der Waals surface area (Å²) in [6.07, 6.45) is 1.87. The monoisotopic (exact) mass is 517 g/mol. The van der Waals surface area contributed by atoms with Crippen molar-refractivity contribution >= 4 is 24.9 Å². The Morgan fingerprint density at radius 1 is 1.03 bits per heavy atom. The zero-order valence-electron chi connectivity index (χ0n) is 21.9. The molecule has 3 aromatic rings. The van der Waals surface area contributed by atoms with E-state index in [1.54, 1.807) is 22.8 Å². The van der Waals surface area contributed by atoms with Crippen LogP contribution in [0.5, 0.6) is 17.2 Å². The third kappa shape index (κ3) is 5.51. The molecule has 0 amide bonds. The van der Waals surface area contributed by atoms with Crippen LogP contribution in [-0.2, 0) is 17.8 Å². The van der Waals surface area contributed by atoms with E-state index < -0.39 is 5.97 Å². The Morgan fingerprint density at radius 2 is 1.79 bits per heavy atom. The molecule has 5 rings (SSSR count). The number of aromatic nitrogens is 1. The number of nitrogens with zero attached hydrogens (tertiary/aromatic N) is 3. The molecule has 0 aliphatic carbocycles. The second-order valence-corrected chi connectivity index (χ2v) is 9.65. The lowest BCUT2D eigenvalue weighted by molar-refractivity contribution is 0.0602. The predicted molar refractivity (Wildman–Crippen MR) is 144 cm³/mol. The Bertz CT molecular complexity index is 1370. The zero-order valence-corrected chi connectivity index (χ0v) is 21.9. The van der Waals surface area contributed by atoms with Gasteiger partial charge in [-0.15, -0.1) is 0 Å². The van der Waals surface area contributed by atoms with E-state index in [0.717, 1.165) is 43.0 Å². The molecule has 1 saturated heterocycles. The van der Waals surface area contributed by atoms with Crippen molar-refractivity contribution in [3.05, 3.63) is 63.9 Å². The molecule has 0 unspecified atom stereocenters. The quantitative estimate of drug-likeness (QED) is 0.333. The van der Waals surface area contributed by atoms with E-state index in [4.69, 9.17) is 26.9 Å². The molecule has 2 aliphatic heterocycles. The van der Waals surface area contributed by atoms with Crippen LogP contribution >= 0.6 is 0 Å². The van der Waals surface area contributed by atoms with Crippen molar-refractivity contribution in [2.24, 2.45) is 0 Å². The third-order valence-electron chi connectivity index (χ3n) is 7.36. The topological polar surface area (TPSA) is 82.5 Å². The molecule has 10 heteroatoms. The molecule has 38 heavy (non-hydrogen) atoms. The van der Waals surface area contributed by atoms with E-state index in [1.165, 1.54) is 20.3 Å². The van der Waals surface area contributed by atoms with Crippen molar-refractivity contribution in [2.75, 3.05) is 47.1 Å². The zero-order chi connectivity index (χ0) is 26.6. The molecule has 9 nitrogen and oxygen atoms in total. The number of benzene rings is 2. The van der Waals surface area contributed by atoms with E-state index in [2.05, 4.69) is 4.90 Å². The summed E-state index contributed by atoms with van der Waals surface area (Å²) >= 11 is 0. The first-order chi connectivity index (χ1) is 18.5. The van der Waals surface area contributed by atoms with Crippen LogP contribution in [-0.4, -0.2) is 81.3 Å². The van der Waals surface area contributed by atoms with Crippen LogP contribution in [0.1, 0.15) is 28.8 Å². The molecular weight excluding hydrogens is 485 g/mol. The summed E-state index contributed by atoms with van der Waals surface area (Å²) in [5.74, 6) is 1.59. The smallest absolute Gasteiger partial charge is 0.338 e. The van der Waals surface area contributed by atoms with Crippen molar-refractivity contribution in [3.63, 3.8) is 0 Å². The fourth-order valence-corrected chi connectivity index (χ4v) is 5.24. The number of carbonyl (C=O) groups is 1. The first kappa shape index (κ1) is 26.1. The molecule has 1 fully saturated rings. The molecule has 198 valence electrons. The molecule has 0 spiro atoms. The molecule has 2 radical (unpaired) electrons. The van der Waals surface area contributed by atoms with E-state index >= 15 is 0 Å². The Kier molecular flexibility index (Phi) is 7.90. The fourth-order valence-electron chi connectivity index (χ4n) is 5.24. The number of carbonyl (C=O) groups excluding carboxylic acids is 1. The first-order valence-electron chi connectivity index (χ1n) is 12.9. The highest BCUT2D eigenvalue weighted by atomic mass is 16.6. The number of rotatable bonds is 8. The standard InChI is InChI=1S/C28H32BN3O6/c1-35-21-16-23(28(34)36-2)22-4-6-27(33)31(24(22)17-21)12-11-30-9-7-20(8-10-30)32(29)18-19-3-5-25-26(15-19)38-14-13-37-25/h3-6,15-17,20H,7-14,18H2,1-2H3. The van der Waals surface area contributed by atoms with Crippen molar-refractivity contribution in [2.45, 2.75) is 32.0 Å². The number of pyridine rings is 1. The van der Waals surface area contributed by atoms with Crippen molar-refractivity contribution in [1.82, 2.24) is 14.3 Å². The number of likely N-dealkylation sites (tertiary alicyclic amines) is 1. The van der Waals surface area contributed by atoms with Gasteiger partial charge in [0, 0.05) is 43.2 Å². The van der Waals surface area contributed by atoms with Gasteiger partial charge >= 0.3 is 5.97 Å². The number of hydrogen-bond donors (Lipinski definition) is 0. The Balaban J connectivity index is 1.21. The molecule has 3 heterocycles. The third-order valence-corrected chi connectivity index (χ3v) is 7.36. The van der Waals surface area contributed by atoms with E-state index in [-0.39, 0.29) is 11.6 Å². The molecule has 2 aliphatic rings. The van der Waals surface area contributed by atoms with Gasteiger partial charge in [-0.2, -0.15) is 0 Å². The fraction of sp³-hybridized carbons (Fsp3) is 0.429. The van der Waals surface area contributed by atoms with Crippen LogP contribution in [0.2, 0.25) is 0 Å². The van der Waals surface area contributed by atoms with Gasteiger partial charge in [-0.1, -0.05) is 6.07 Å². The summed E-state index contributed by atoms with van der Waals surface area (Å²) in [5, 5.41) is 0.661. The van der Waals surface area contributed by atoms with Gasteiger partial charge in [-0.3, -0.25) is 4.79 Å². The maximum Gasteiger partial charge on any atom is 0.338 e. The molecule has 2 aromatic carbocycles. The lowest BCUT2D eigenvalue weighted by Gasteiger charge is -2.37. The lowest BCUT2D eigenvalue weighted by atomic mass is 9.99. The Labute approximate surface area is 223 Å². The van der Waals surface area contributed by atoms with Crippen molar-refractivity contribution < 1.29 is 23.7 Å². The summed E-state index contributed by atoms with van der Waals surface area (Å²) in [7, 11) is 9.35. The van der Waals surface area contributed by atoms with Gasteiger partial charge in [0.05, 0.1) is 25.3 Å². The molecule has 0 N–H and O–H groups in total. The summed E-state index contributed by atoms with van der Waals surface area (Å²) in [6, 6.07) is 12.8. The minimum Gasteiger partial charge on any atom is -0.497 e. The van der Waals surface area contributed by atoms with Gasteiger partial charge in [0.1, 0.15) is 19.0 Å². The van der Waals surface area contributed by atoms with Crippen LogP contribution in [0.4, 0.5) is 0 Å². The average molecular weight is 517 g/mol. The largest absolute Gasteiger partial charge is 0.497 e. The van der Waals surface area contributed by atoms with Gasteiger partial charge in [-0.05, 0) is 55.8 Å². The van der Waals surface area contributed by atoms with Gasteiger partial charge < -0.3 is 33.2 Å². The van der Waals surface area contributed by atoms with Crippen LogP contribution in [0.25, 0.3) is 10.9 Å². The number of esters is 1. The highest BCUT2D eigenvalue weighted by Gasteiger charge is 2.23. The second kappa shape index (κ2) is 11.5. The lowest BCUT2D eigenvalue weighted by Crippen LogP contribution is -2.44. The van der Waals surface area contributed by atoms with Crippen LogP contribution in [0, 0.1) is 0 Å². The number of ether oxygens (including phenoxy) is 4. The van der Waals surface area contributed by atoms with Crippen LogP contribution in [0.3, 0.4) is 0 Å². The van der Waals surface area contributed by atoms with Crippen molar-refractivity contribution in [1.29, 1.82) is 0 Å². The second-order valence-electron chi connectivity index (χ2n) is 9.65. The highest BCUT2D eigenvalue weighted by molar-refractivity contribution is 6.04. The average Bonchev–Trinajstić information content (AvgIpc) is 2.95.